The van der Waals surface area contributed by atoms with E-state index in [1.165, 1.54) is 0 Å². The van der Waals surface area contributed by atoms with Crippen molar-refractivity contribution in [3.8, 4) is 0 Å². The summed E-state index contributed by atoms with van der Waals surface area (Å²) in [6, 6.07) is 1.67. The molecule has 0 saturated carbocycles. The van der Waals surface area contributed by atoms with Gasteiger partial charge in [-0.05, 0) is 22.0 Å². The van der Waals surface area contributed by atoms with Gasteiger partial charge in [-0.15, -0.1) is 0 Å². The van der Waals surface area contributed by atoms with Crippen molar-refractivity contribution in [1.82, 2.24) is 19.7 Å². The van der Waals surface area contributed by atoms with Crippen molar-refractivity contribution in [2.45, 2.75) is 0 Å². The van der Waals surface area contributed by atoms with Gasteiger partial charge in [0.1, 0.15) is 0 Å². The molecule has 16 heavy (non-hydrogen) atoms. The standard InChI is InChI=1S/C9H8BrN5O/c1-15-5-6(10)7(14-15)8(16)13-9-11-3-2-4-12-9/h2-5H,1H3,(H,11,12,13,16). The van der Waals surface area contributed by atoms with Crippen LogP contribution in [0.1, 0.15) is 10.5 Å². The molecular formula is C9H8BrN5O. The average molecular weight is 282 g/mol. The molecule has 0 aromatic carbocycles. The molecule has 2 heterocycles. The number of amides is 1. The molecule has 0 atom stereocenters. The number of aryl methyl sites for hydroxylation is 1. The lowest BCUT2D eigenvalue weighted by molar-refractivity contribution is 0.102. The number of halogens is 1. The smallest absolute Gasteiger partial charge is 0.279 e. The molecule has 0 radical (unpaired) electrons. The number of aromatic nitrogens is 4. The van der Waals surface area contributed by atoms with Crippen molar-refractivity contribution in [3.63, 3.8) is 0 Å². The Kier molecular flexibility index (Phi) is 2.95. The number of hydrogen-bond acceptors (Lipinski definition) is 4. The summed E-state index contributed by atoms with van der Waals surface area (Å²) in [7, 11) is 1.74. The quantitative estimate of drug-likeness (QED) is 0.899. The van der Waals surface area contributed by atoms with Crippen LogP contribution in [0.15, 0.2) is 29.1 Å². The van der Waals surface area contributed by atoms with E-state index in [2.05, 4.69) is 36.3 Å². The molecule has 2 aromatic rings. The maximum absolute atomic E-state index is 11.8. The SMILES string of the molecule is Cn1cc(Br)c(C(=O)Nc2ncccn2)n1. The minimum Gasteiger partial charge on any atom is -0.289 e. The summed E-state index contributed by atoms with van der Waals surface area (Å²) >= 11 is 3.25. The Labute approximate surface area is 99.8 Å². The first-order valence-corrected chi connectivity index (χ1v) is 5.23. The van der Waals surface area contributed by atoms with Crippen LogP contribution in [0, 0.1) is 0 Å². The summed E-state index contributed by atoms with van der Waals surface area (Å²) in [6.45, 7) is 0. The Morgan fingerprint density at radius 1 is 1.44 bits per heavy atom. The van der Waals surface area contributed by atoms with Gasteiger partial charge in [0, 0.05) is 25.6 Å². The van der Waals surface area contributed by atoms with E-state index in [9.17, 15) is 4.79 Å². The third kappa shape index (κ3) is 2.25. The predicted octanol–water partition coefficient (Wildman–Crippen LogP) is 1.22. The van der Waals surface area contributed by atoms with Gasteiger partial charge in [0.2, 0.25) is 5.95 Å². The van der Waals surface area contributed by atoms with E-state index in [1.54, 1.807) is 36.4 Å². The number of anilines is 1. The first-order chi connectivity index (χ1) is 7.66. The molecule has 0 aliphatic rings. The first kappa shape index (κ1) is 10.7. The summed E-state index contributed by atoms with van der Waals surface area (Å²) in [5, 5.41) is 6.55. The second-order valence-corrected chi connectivity index (χ2v) is 3.88. The van der Waals surface area contributed by atoms with Gasteiger partial charge in [-0.25, -0.2) is 9.97 Å². The lowest BCUT2D eigenvalue weighted by atomic mass is 10.4. The molecular weight excluding hydrogens is 274 g/mol. The number of rotatable bonds is 2. The lowest BCUT2D eigenvalue weighted by Crippen LogP contribution is -2.15. The Morgan fingerprint density at radius 3 is 2.69 bits per heavy atom. The molecule has 1 amide bonds. The maximum atomic E-state index is 11.8. The van der Waals surface area contributed by atoms with Crippen LogP contribution in [0.2, 0.25) is 0 Å². The number of carbonyl (C=O) groups is 1. The molecule has 0 bridgehead atoms. The van der Waals surface area contributed by atoms with E-state index >= 15 is 0 Å². The Hall–Kier alpha value is -1.76. The monoisotopic (exact) mass is 281 g/mol. The molecule has 6 nitrogen and oxygen atoms in total. The van der Waals surface area contributed by atoms with Crippen LogP contribution in [-0.2, 0) is 7.05 Å². The third-order valence-corrected chi connectivity index (χ3v) is 2.37. The molecule has 2 rings (SSSR count). The van der Waals surface area contributed by atoms with Crippen LogP contribution in [0.4, 0.5) is 5.95 Å². The minimum atomic E-state index is -0.348. The van der Waals surface area contributed by atoms with Gasteiger partial charge in [-0.1, -0.05) is 0 Å². The van der Waals surface area contributed by atoms with Crippen molar-refractivity contribution in [1.29, 1.82) is 0 Å². The molecule has 0 saturated heterocycles. The van der Waals surface area contributed by atoms with Gasteiger partial charge >= 0.3 is 0 Å². The number of nitrogens with one attached hydrogen (secondary N) is 1. The third-order valence-electron chi connectivity index (χ3n) is 1.79. The molecule has 0 fully saturated rings. The van der Waals surface area contributed by atoms with Gasteiger partial charge < -0.3 is 0 Å². The molecule has 2 aromatic heterocycles. The van der Waals surface area contributed by atoms with Crippen molar-refractivity contribution >= 4 is 27.8 Å². The Bertz CT molecular complexity index is 510. The highest BCUT2D eigenvalue weighted by molar-refractivity contribution is 9.10. The van der Waals surface area contributed by atoms with E-state index in [0.717, 1.165) is 0 Å². The van der Waals surface area contributed by atoms with Crippen molar-refractivity contribution in [2.24, 2.45) is 7.05 Å². The summed E-state index contributed by atoms with van der Waals surface area (Å²) in [5.41, 5.74) is 0.301. The van der Waals surface area contributed by atoms with Crippen LogP contribution in [-0.4, -0.2) is 25.7 Å². The highest BCUT2D eigenvalue weighted by Gasteiger charge is 2.14. The normalized spacial score (nSPS) is 10.1. The predicted molar refractivity (Wildman–Crippen MR) is 60.9 cm³/mol. The van der Waals surface area contributed by atoms with Crippen LogP contribution < -0.4 is 5.32 Å². The van der Waals surface area contributed by atoms with Crippen molar-refractivity contribution < 1.29 is 4.79 Å². The molecule has 1 N–H and O–H groups in total. The van der Waals surface area contributed by atoms with Gasteiger partial charge in [0.15, 0.2) is 5.69 Å². The fourth-order valence-electron chi connectivity index (χ4n) is 1.14. The largest absolute Gasteiger partial charge is 0.289 e. The van der Waals surface area contributed by atoms with Crippen molar-refractivity contribution in [2.75, 3.05) is 5.32 Å². The van der Waals surface area contributed by atoms with Gasteiger partial charge in [-0.2, -0.15) is 5.10 Å². The van der Waals surface area contributed by atoms with Crippen LogP contribution in [0.5, 0.6) is 0 Å². The highest BCUT2D eigenvalue weighted by Crippen LogP contribution is 2.14. The van der Waals surface area contributed by atoms with Crippen molar-refractivity contribution in [3.05, 3.63) is 34.8 Å². The van der Waals surface area contributed by atoms with Gasteiger partial charge in [0.25, 0.3) is 5.91 Å². The maximum Gasteiger partial charge on any atom is 0.279 e. The zero-order chi connectivity index (χ0) is 11.5. The van der Waals surface area contributed by atoms with E-state index < -0.39 is 0 Å². The highest BCUT2D eigenvalue weighted by atomic mass is 79.9. The topological polar surface area (TPSA) is 72.7 Å². The summed E-state index contributed by atoms with van der Waals surface area (Å²) in [5.74, 6) is -0.0938. The molecule has 0 aliphatic heterocycles. The van der Waals surface area contributed by atoms with Crippen LogP contribution in [0.3, 0.4) is 0 Å². The minimum absolute atomic E-state index is 0.255. The zero-order valence-electron chi connectivity index (χ0n) is 8.38. The van der Waals surface area contributed by atoms with E-state index in [4.69, 9.17) is 0 Å². The molecule has 0 aliphatic carbocycles. The van der Waals surface area contributed by atoms with E-state index in [-0.39, 0.29) is 11.9 Å². The van der Waals surface area contributed by atoms with E-state index in [0.29, 0.717) is 10.2 Å². The number of nitrogens with zero attached hydrogens (tertiary/aromatic N) is 4. The number of carbonyl (C=O) groups excluding carboxylic acids is 1. The number of hydrogen-bond donors (Lipinski definition) is 1. The summed E-state index contributed by atoms with van der Waals surface area (Å²) in [4.78, 5) is 19.5. The fraction of sp³-hybridized carbons (Fsp3) is 0.111. The lowest BCUT2D eigenvalue weighted by Gasteiger charge is -2.00. The molecule has 0 spiro atoms. The molecule has 7 heteroatoms. The Balaban J connectivity index is 2.18. The van der Waals surface area contributed by atoms with Crippen LogP contribution >= 0.6 is 15.9 Å². The Morgan fingerprint density at radius 2 is 2.12 bits per heavy atom. The van der Waals surface area contributed by atoms with Crippen LogP contribution in [0.25, 0.3) is 0 Å². The fourth-order valence-corrected chi connectivity index (χ4v) is 1.69. The summed E-state index contributed by atoms with van der Waals surface area (Å²) < 4.78 is 2.17. The van der Waals surface area contributed by atoms with Gasteiger partial charge in [-0.3, -0.25) is 14.8 Å². The molecule has 82 valence electrons. The zero-order valence-corrected chi connectivity index (χ0v) is 9.97. The van der Waals surface area contributed by atoms with E-state index in [1.807, 2.05) is 0 Å². The second kappa shape index (κ2) is 4.40. The van der Waals surface area contributed by atoms with Gasteiger partial charge in [0.05, 0.1) is 4.47 Å². The second-order valence-electron chi connectivity index (χ2n) is 3.03. The first-order valence-electron chi connectivity index (χ1n) is 4.44. The average Bonchev–Trinajstić information content (AvgIpc) is 2.59. The molecule has 0 unspecified atom stereocenters. The summed E-state index contributed by atoms with van der Waals surface area (Å²) in [6.07, 6.45) is 4.80.